The highest BCUT2D eigenvalue weighted by Gasteiger charge is 2.32. The van der Waals surface area contributed by atoms with Crippen molar-refractivity contribution < 1.29 is 14.3 Å². The zero-order valence-electron chi connectivity index (χ0n) is 10.5. The molecule has 0 spiro atoms. The Bertz CT molecular complexity index is 419. The number of hydrogen-bond donors (Lipinski definition) is 0. The van der Waals surface area contributed by atoms with E-state index < -0.39 is 0 Å². The highest BCUT2D eigenvalue weighted by Crippen LogP contribution is 2.36. The molecule has 3 heteroatoms. The molecule has 2 rings (SSSR count). The summed E-state index contributed by atoms with van der Waals surface area (Å²) in [6.07, 6.45) is 2.10. The van der Waals surface area contributed by atoms with Gasteiger partial charge < -0.3 is 9.47 Å². The first kappa shape index (κ1) is 12.0. The zero-order chi connectivity index (χ0) is 12.4. The maximum atomic E-state index is 12.1. The molecule has 0 N–H and O–H groups in total. The number of benzene rings is 1. The predicted molar refractivity (Wildman–Crippen MR) is 65.8 cm³/mol. The van der Waals surface area contributed by atoms with Gasteiger partial charge in [0.05, 0.1) is 18.8 Å². The fourth-order valence-electron chi connectivity index (χ4n) is 1.79. The van der Waals surface area contributed by atoms with Crippen molar-refractivity contribution in [2.24, 2.45) is 5.92 Å². The van der Waals surface area contributed by atoms with Crippen molar-refractivity contribution in [3.63, 3.8) is 0 Å². The summed E-state index contributed by atoms with van der Waals surface area (Å²) in [7, 11) is 1.59. The van der Waals surface area contributed by atoms with Gasteiger partial charge in [-0.1, -0.05) is 0 Å². The van der Waals surface area contributed by atoms with Crippen LogP contribution in [0.2, 0.25) is 0 Å². The van der Waals surface area contributed by atoms with Crippen LogP contribution < -0.4 is 9.47 Å². The van der Waals surface area contributed by atoms with Gasteiger partial charge in [-0.2, -0.15) is 0 Å². The van der Waals surface area contributed by atoms with Crippen LogP contribution in [-0.2, 0) is 0 Å². The van der Waals surface area contributed by atoms with Gasteiger partial charge in [-0.25, -0.2) is 0 Å². The van der Waals surface area contributed by atoms with Crippen molar-refractivity contribution in [1.82, 2.24) is 0 Å². The van der Waals surface area contributed by atoms with Crippen LogP contribution in [0.3, 0.4) is 0 Å². The van der Waals surface area contributed by atoms with Crippen LogP contribution in [0, 0.1) is 5.92 Å². The highest BCUT2D eigenvalue weighted by molar-refractivity contribution is 6.02. The number of rotatable bonds is 5. The Balaban J connectivity index is 2.28. The maximum Gasteiger partial charge on any atom is 0.169 e. The lowest BCUT2D eigenvalue weighted by Crippen LogP contribution is -2.08. The van der Waals surface area contributed by atoms with Gasteiger partial charge in [0.1, 0.15) is 11.5 Å². The highest BCUT2D eigenvalue weighted by atomic mass is 16.5. The summed E-state index contributed by atoms with van der Waals surface area (Å²) in [6.45, 7) is 3.93. The number of carbonyl (C=O) groups is 1. The quantitative estimate of drug-likeness (QED) is 0.734. The van der Waals surface area contributed by atoms with E-state index in [9.17, 15) is 4.79 Å². The zero-order valence-corrected chi connectivity index (χ0v) is 10.5. The molecule has 0 atom stereocenters. The third-order valence-corrected chi connectivity index (χ3v) is 2.76. The number of ether oxygens (including phenoxy) is 2. The van der Waals surface area contributed by atoms with Crippen molar-refractivity contribution in [2.75, 3.05) is 7.11 Å². The summed E-state index contributed by atoms with van der Waals surface area (Å²) >= 11 is 0. The van der Waals surface area contributed by atoms with E-state index in [1.807, 2.05) is 19.9 Å². The largest absolute Gasteiger partial charge is 0.496 e. The lowest BCUT2D eigenvalue weighted by Gasteiger charge is -2.13. The fraction of sp³-hybridized carbons (Fsp3) is 0.500. The molecule has 3 nitrogen and oxygen atoms in total. The third-order valence-electron chi connectivity index (χ3n) is 2.76. The van der Waals surface area contributed by atoms with E-state index in [-0.39, 0.29) is 17.8 Å². The van der Waals surface area contributed by atoms with Gasteiger partial charge in [0.2, 0.25) is 0 Å². The number of ketones is 1. The van der Waals surface area contributed by atoms with E-state index in [1.54, 1.807) is 19.2 Å². The summed E-state index contributed by atoms with van der Waals surface area (Å²) in [6, 6.07) is 5.43. The molecule has 0 heterocycles. The van der Waals surface area contributed by atoms with Crippen LogP contribution >= 0.6 is 0 Å². The van der Waals surface area contributed by atoms with E-state index in [0.29, 0.717) is 11.3 Å². The molecular weight excluding hydrogens is 216 g/mol. The third kappa shape index (κ3) is 2.78. The SMILES string of the molecule is COc1ccc(OC(C)C)cc1C(=O)C1CC1. The van der Waals surface area contributed by atoms with E-state index >= 15 is 0 Å². The molecule has 0 saturated heterocycles. The van der Waals surface area contributed by atoms with Crippen molar-refractivity contribution in [2.45, 2.75) is 32.8 Å². The average Bonchev–Trinajstić information content (AvgIpc) is 3.11. The average molecular weight is 234 g/mol. The van der Waals surface area contributed by atoms with Crippen LogP contribution in [0.4, 0.5) is 0 Å². The van der Waals surface area contributed by atoms with E-state index in [0.717, 1.165) is 18.6 Å². The van der Waals surface area contributed by atoms with Gasteiger partial charge in [-0.05, 0) is 44.9 Å². The molecule has 0 aliphatic heterocycles. The van der Waals surface area contributed by atoms with Crippen LogP contribution in [-0.4, -0.2) is 19.0 Å². The lowest BCUT2D eigenvalue weighted by molar-refractivity contribution is 0.0964. The second-order valence-corrected chi connectivity index (χ2v) is 4.67. The van der Waals surface area contributed by atoms with Gasteiger partial charge in [0.25, 0.3) is 0 Å². The Labute approximate surface area is 102 Å². The monoisotopic (exact) mass is 234 g/mol. The summed E-state index contributed by atoms with van der Waals surface area (Å²) in [4.78, 5) is 12.1. The number of methoxy groups -OCH3 is 1. The fourth-order valence-corrected chi connectivity index (χ4v) is 1.79. The smallest absolute Gasteiger partial charge is 0.169 e. The molecule has 0 radical (unpaired) electrons. The minimum absolute atomic E-state index is 0.104. The molecule has 92 valence electrons. The van der Waals surface area contributed by atoms with Crippen molar-refractivity contribution in [3.8, 4) is 11.5 Å². The minimum Gasteiger partial charge on any atom is -0.496 e. The van der Waals surface area contributed by atoms with Gasteiger partial charge in [-0.3, -0.25) is 4.79 Å². The molecule has 0 unspecified atom stereocenters. The molecule has 0 bridgehead atoms. The van der Waals surface area contributed by atoms with Gasteiger partial charge >= 0.3 is 0 Å². The van der Waals surface area contributed by atoms with Crippen molar-refractivity contribution >= 4 is 5.78 Å². The first-order chi connectivity index (χ1) is 8.11. The van der Waals surface area contributed by atoms with E-state index in [4.69, 9.17) is 9.47 Å². The molecule has 1 aromatic carbocycles. The number of carbonyl (C=O) groups excluding carboxylic acids is 1. The maximum absolute atomic E-state index is 12.1. The molecule has 0 amide bonds. The van der Waals surface area contributed by atoms with Crippen molar-refractivity contribution in [1.29, 1.82) is 0 Å². The first-order valence-corrected chi connectivity index (χ1v) is 6.00. The predicted octanol–water partition coefficient (Wildman–Crippen LogP) is 3.08. The minimum atomic E-state index is 0.104. The summed E-state index contributed by atoms with van der Waals surface area (Å²) in [5, 5.41) is 0. The Kier molecular flexibility index (Phi) is 3.36. The van der Waals surface area contributed by atoms with Gasteiger partial charge in [0, 0.05) is 5.92 Å². The molecule has 1 aromatic rings. The van der Waals surface area contributed by atoms with E-state index in [1.165, 1.54) is 0 Å². The molecule has 0 aromatic heterocycles. The Morgan fingerprint density at radius 1 is 1.35 bits per heavy atom. The molecule has 17 heavy (non-hydrogen) atoms. The second-order valence-electron chi connectivity index (χ2n) is 4.67. The number of hydrogen-bond acceptors (Lipinski definition) is 3. The number of Topliss-reactive ketones (excluding diaryl/α,β-unsaturated/α-hetero) is 1. The van der Waals surface area contributed by atoms with Gasteiger partial charge in [-0.15, -0.1) is 0 Å². The van der Waals surface area contributed by atoms with Crippen LogP contribution in [0.5, 0.6) is 11.5 Å². The lowest BCUT2D eigenvalue weighted by atomic mass is 10.1. The van der Waals surface area contributed by atoms with Crippen LogP contribution in [0.1, 0.15) is 37.0 Å². The standard InChI is InChI=1S/C14H18O3/c1-9(2)17-11-6-7-13(16-3)12(8-11)14(15)10-4-5-10/h6-10H,4-5H2,1-3H3. The summed E-state index contributed by atoms with van der Waals surface area (Å²) in [5.41, 5.74) is 0.646. The topological polar surface area (TPSA) is 35.5 Å². The Morgan fingerprint density at radius 3 is 2.59 bits per heavy atom. The van der Waals surface area contributed by atoms with E-state index in [2.05, 4.69) is 0 Å². The Morgan fingerprint density at radius 2 is 2.06 bits per heavy atom. The second kappa shape index (κ2) is 4.78. The normalized spacial score (nSPS) is 14.8. The van der Waals surface area contributed by atoms with Crippen LogP contribution in [0.25, 0.3) is 0 Å². The molecular formula is C14H18O3. The Hall–Kier alpha value is -1.51. The summed E-state index contributed by atoms with van der Waals surface area (Å²) in [5.74, 6) is 1.73. The molecule has 1 aliphatic rings. The molecule has 1 saturated carbocycles. The van der Waals surface area contributed by atoms with Gasteiger partial charge in [0.15, 0.2) is 5.78 Å². The molecule has 1 fully saturated rings. The first-order valence-electron chi connectivity index (χ1n) is 6.00. The van der Waals surface area contributed by atoms with Crippen molar-refractivity contribution in [3.05, 3.63) is 23.8 Å². The van der Waals surface area contributed by atoms with Crippen LogP contribution in [0.15, 0.2) is 18.2 Å². The molecule has 1 aliphatic carbocycles. The summed E-state index contributed by atoms with van der Waals surface area (Å²) < 4.78 is 10.8.